The number of thioether (sulfide) groups is 1. The average Bonchev–Trinajstić information content (AvgIpc) is 3.44. The van der Waals surface area contributed by atoms with E-state index in [2.05, 4.69) is 10.5 Å². The summed E-state index contributed by atoms with van der Waals surface area (Å²) >= 11 is 1.52. The molecule has 0 unspecified atom stereocenters. The number of aromatic nitrogens is 1. The molecule has 150 valence electrons. The number of amides is 2. The molecule has 8 heteroatoms. The number of furan rings is 1. The van der Waals surface area contributed by atoms with Gasteiger partial charge in [-0.3, -0.25) is 9.59 Å². The standard InChI is InChI=1S/C21H21N3O4S/c1-13-18(14(2)28-23-13)11-29-12-20(25)22-17-3-4-19-15(9-17)5-7-24(19)21(26)16-6-8-27-10-16/h3-4,6,8-10H,5,7,11-12H2,1-2H3,(H,22,25). The van der Waals surface area contributed by atoms with Gasteiger partial charge in [0, 0.05) is 29.2 Å². The van der Waals surface area contributed by atoms with Crippen LogP contribution in [0.4, 0.5) is 11.4 Å². The summed E-state index contributed by atoms with van der Waals surface area (Å²) in [5.74, 6) is 1.68. The third kappa shape index (κ3) is 4.07. The maximum Gasteiger partial charge on any atom is 0.261 e. The number of carbonyl (C=O) groups is 2. The first-order valence-corrected chi connectivity index (χ1v) is 10.4. The van der Waals surface area contributed by atoms with Crippen LogP contribution in [0.5, 0.6) is 0 Å². The molecule has 3 heterocycles. The van der Waals surface area contributed by atoms with E-state index in [0.717, 1.165) is 40.4 Å². The van der Waals surface area contributed by atoms with Gasteiger partial charge in [-0.2, -0.15) is 0 Å². The normalized spacial score (nSPS) is 12.8. The van der Waals surface area contributed by atoms with Crippen LogP contribution < -0.4 is 10.2 Å². The summed E-state index contributed by atoms with van der Waals surface area (Å²) in [6, 6.07) is 7.31. The number of rotatable bonds is 6. The molecule has 0 aliphatic carbocycles. The minimum atomic E-state index is -0.0787. The topological polar surface area (TPSA) is 88.6 Å². The monoisotopic (exact) mass is 411 g/mol. The van der Waals surface area contributed by atoms with Crippen LogP contribution in [0.2, 0.25) is 0 Å². The van der Waals surface area contributed by atoms with Crippen molar-refractivity contribution in [2.24, 2.45) is 0 Å². The lowest BCUT2D eigenvalue weighted by atomic mass is 10.1. The number of carbonyl (C=O) groups excluding carboxylic acids is 2. The summed E-state index contributed by atoms with van der Waals surface area (Å²) in [6.45, 7) is 4.39. The highest BCUT2D eigenvalue weighted by atomic mass is 32.2. The van der Waals surface area contributed by atoms with Crippen LogP contribution >= 0.6 is 11.8 Å². The fourth-order valence-electron chi connectivity index (χ4n) is 3.38. The van der Waals surface area contributed by atoms with Gasteiger partial charge in [0.15, 0.2) is 0 Å². The highest BCUT2D eigenvalue weighted by molar-refractivity contribution is 7.99. The highest BCUT2D eigenvalue weighted by Crippen LogP contribution is 2.32. The Morgan fingerprint density at radius 3 is 2.86 bits per heavy atom. The molecule has 0 spiro atoms. The van der Waals surface area contributed by atoms with E-state index in [1.165, 1.54) is 24.3 Å². The van der Waals surface area contributed by atoms with Crippen LogP contribution in [-0.2, 0) is 17.0 Å². The van der Waals surface area contributed by atoms with Gasteiger partial charge in [-0.15, -0.1) is 11.8 Å². The van der Waals surface area contributed by atoms with Crippen LogP contribution in [0.3, 0.4) is 0 Å². The first-order valence-electron chi connectivity index (χ1n) is 9.29. The maximum absolute atomic E-state index is 12.6. The van der Waals surface area contributed by atoms with Gasteiger partial charge in [0.2, 0.25) is 5.91 Å². The molecule has 1 aliphatic rings. The molecule has 0 saturated heterocycles. The van der Waals surface area contributed by atoms with Gasteiger partial charge >= 0.3 is 0 Å². The van der Waals surface area contributed by atoms with Crippen LogP contribution in [0.15, 0.2) is 45.7 Å². The van der Waals surface area contributed by atoms with Crippen LogP contribution in [0, 0.1) is 13.8 Å². The number of hydrogen-bond acceptors (Lipinski definition) is 6. The number of nitrogens with zero attached hydrogens (tertiary/aromatic N) is 2. The van der Waals surface area contributed by atoms with Crippen molar-refractivity contribution >= 4 is 35.0 Å². The predicted molar refractivity (Wildman–Crippen MR) is 111 cm³/mol. The lowest BCUT2D eigenvalue weighted by Crippen LogP contribution is -2.28. The van der Waals surface area contributed by atoms with Crippen molar-refractivity contribution in [3.05, 3.63) is 64.9 Å². The Kier molecular flexibility index (Phi) is 5.44. The minimum Gasteiger partial charge on any atom is -0.472 e. The van der Waals surface area contributed by atoms with E-state index < -0.39 is 0 Å². The minimum absolute atomic E-state index is 0.0639. The third-order valence-electron chi connectivity index (χ3n) is 4.93. The van der Waals surface area contributed by atoms with E-state index in [-0.39, 0.29) is 11.8 Å². The quantitative estimate of drug-likeness (QED) is 0.661. The Balaban J connectivity index is 1.35. The molecule has 29 heavy (non-hydrogen) atoms. The Bertz CT molecular complexity index is 1020. The van der Waals surface area contributed by atoms with Crippen LogP contribution in [-0.4, -0.2) is 29.3 Å². The van der Waals surface area contributed by atoms with Gasteiger partial charge in [-0.05, 0) is 50.1 Å². The molecule has 2 aromatic heterocycles. The first-order chi connectivity index (χ1) is 14.0. The summed E-state index contributed by atoms with van der Waals surface area (Å²) in [4.78, 5) is 26.6. The summed E-state index contributed by atoms with van der Waals surface area (Å²) in [5.41, 5.74) is 5.10. The zero-order valence-electron chi connectivity index (χ0n) is 16.2. The first kappa shape index (κ1) is 19.3. The molecule has 1 aliphatic heterocycles. The lowest BCUT2D eigenvalue weighted by molar-refractivity contribution is -0.113. The fourth-order valence-corrected chi connectivity index (χ4v) is 4.36. The van der Waals surface area contributed by atoms with E-state index in [0.29, 0.717) is 23.6 Å². The number of aryl methyl sites for hydroxylation is 2. The van der Waals surface area contributed by atoms with Gasteiger partial charge in [-0.25, -0.2) is 0 Å². The molecule has 1 N–H and O–H groups in total. The van der Waals surface area contributed by atoms with E-state index in [1.54, 1.807) is 11.0 Å². The lowest BCUT2D eigenvalue weighted by Gasteiger charge is -2.16. The van der Waals surface area contributed by atoms with Crippen LogP contribution in [0.25, 0.3) is 0 Å². The average molecular weight is 411 g/mol. The van der Waals surface area contributed by atoms with E-state index in [1.807, 2.05) is 32.0 Å². The molecule has 0 atom stereocenters. The summed E-state index contributed by atoms with van der Waals surface area (Å²) in [5, 5.41) is 6.86. The third-order valence-corrected chi connectivity index (χ3v) is 5.89. The van der Waals surface area contributed by atoms with Crippen LogP contribution in [0.1, 0.15) is 32.9 Å². The van der Waals surface area contributed by atoms with Gasteiger partial charge in [0.25, 0.3) is 5.91 Å². The molecule has 3 aromatic rings. The Morgan fingerprint density at radius 1 is 1.28 bits per heavy atom. The SMILES string of the molecule is Cc1noc(C)c1CSCC(=O)Nc1ccc2c(c1)CCN2C(=O)c1ccoc1. The van der Waals surface area contributed by atoms with Gasteiger partial charge in [-0.1, -0.05) is 5.16 Å². The molecular weight excluding hydrogens is 390 g/mol. The molecular formula is C21H21N3O4S. The molecule has 7 nitrogen and oxygen atoms in total. The van der Waals surface area contributed by atoms with Gasteiger partial charge < -0.3 is 19.2 Å². The van der Waals surface area contributed by atoms with Crippen molar-refractivity contribution in [2.75, 3.05) is 22.5 Å². The molecule has 0 saturated carbocycles. The van der Waals surface area contributed by atoms with Crippen molar-refractivity contribution in [3.8, 4) is 0 Å². The van der Waals surface area contributed by atoms with Crippen molar-refractivity contribution in [1.29, 1.82) is 0 Å². The second-order valence-corrected chi connectivity index (χ2v) is 7.89. The predicted octanol–water partition coefficient (Wildman–Crippen LogP) is 3.96. The Hall–Kier alpha value is -3.00. The van der Waals surface area contributed by atoms with Crippen molar-refractivity contribution in [2.45, 2.75) is 26.0 Å². The largest absolute Gasteiger partial charge is 0.472 e. The Labute approximate surface area is 172 Å². The van der Waals surface area contributed by atoms with Gasteiger partial charge in [0.1, 0.15) is 12.0 Å². The Morgan fingerprint density at radius 2 is 2.14 bits per heavy atom. The van der Waals surface area contributed by atoms with E-state index >= 15 is 0 Å². The number of hydrogen-bond donors (Lipinski definition) is 1. The molecule has 0 bridgehead atoms. The summed E-state index contributed by atoms with van der Waals surface area (Å²) < 4.78 is 10.2. The second-order valence-electron chi connectivity index (χ2n) is 6.91. The summed E-state index contributed by atoms with van der Waals surface area (Å²) in [6.07, 6.45) is 3.70. The number of nitrogens with one attached hydrogen (secondary N) is 1. The molecule has 2 amide bonds. The van der Waals surface area contributed by atoms with Crippen molar-refractivity contribution < 1.29 is 18.5 Å². The maximum atomic E-state index is 12.6. The highest BCUT2D eigenvalue weighted by Gasteiger charge is 2.26. The number of fused-ring (bicyclic) bond motifs is 1. The second kappa shape index (κ2) is 8.16. The van der Waals surface area contributed by atoms with Crippen molar-refractivity contribution in [3.63, 3.8) is 0 Å². The number of anilines is 2. The molecule has 4 rings (SSSR count). The molecule has 0 radical (unpaired) electrons. The van der Waals surface area contributed by atoms with Crippen molar-refractivity contribution in [1.82, 2.24) is 5.16 Å². The molecule has 1 aromatic carbocycles. The zero-order valence-corrected chi connectivity index (χ0v) is 17.0. The smallest absolute Gasteiger partial charge is 0.261 e. The van der Waals surface area contributed by atoms with E-state index in [9.17, 15) is 9.59 Å². The number of benzene rings is 1. The molecule has 0 fully saturated rings. The fraction of sp³-hybridized carbons (Fsp3) is 0.286. The van der Waals surface area contributed by atoms with Gasteiger partial charge in [0.05, 0.1) is 23.3 Å². The zero-order chi connectivity index (χ0) is 20.4. The summed E-state index contributed by atoms with van der Waals surface area (Å²) in [7, 11) is 0. The van der Waals surface area contributed by atoms with E-state index in [4.69, 9.17) is 8.94 Å².